The highest BCUT2D eigenvalue weighted by Crippen LogP contribution is 2.39. The van der Waals surface area contributed by atoms with E-state index in [-0.39, 0.29) is 5.91 Å². The minimum Gasteiger partial charge on any atom is -0.493 e. The number of carbonyl (C=O) groups is 1. The van der Waals surface area contributed by atoms with Crippen LogP contribution in [0.25, 0.3) is 0 Å². The van der Waals surface area contributed by atoms with Crippen LogP contribution < -0.4 is 24.4 Å². The summed E-state index contributed by atoms with van der Waals surface area (Å²) in [6, 6.07) is 17.6. The highest BCUT2D eigenvalue weighted by atomic mass is 32.1. The van der Waals surface area contributed by atoms with Crippen LogP contribution in [-0.4, -0.2) is 39.8 Å². The Balaban J connectivity index is 1.37. The van der Waals surface area contributed by atoms with E-state index in [0.29, 0.717) is 35.9 Å². The first-order valence-corrected chi connectivity index (χ1v) is 10.6. The van der Waals surface area contributed by atoms with E-state index in [1.165, 1.54) is 11.3 Å². The van der Waals surface area contributed by atoms with Crippen LogP contribution in [0.4, 0.5) is 10.7 Å². The van der Waals surface area contributed by atoms with Gasteiger partial charge in [0.1, 0.15) is 12.4 Å². The van der Waals surface area contributed by atoms with Gasteiger partial charge in [-0.15, -0.1) is 11.3 Å². The summed E-state index contributed by atoms with van der Waals surface area (Å²) in [4.78, 5) is 15.5. The van der Waals surface area contributed by atoms with Crippen LogP contribution in [0, 0.1) is 0 Å². The quantitative estimate of drug-likeness (QED) is 0.614. The van der Waals surface area contributed by atoms with Gasteiger partial charge in [-0.2, -0.15) is 0 Å². The fourth-order valence-corrected chi connectivity index (χ4v) is 4.40. The molecule has 30 heavy (non-hydrogen) atoms. The van der Waals surface area contributed by atoms with E-state index in [9.17, 15) is 4.79 Å². The normalized spacial score (nSPS) is 12.7. The molecule has 156 valence electrons. The van der Waals surface area contributed by atoms with E-state index in [2.05, 4.69) is 10.2 Å². The molecule has 2 aromatic carbocycles. The van der Waals surface area contributed by atoms with Crippen molar-refractivity contribution in [2.75, 3.05) is 38.8 Å². The average Bonchev–Trinajstić information content (AvgIpc) is 3.28. The number of amides is 1. The molecule has 4 rings (SSSR count). The van der Waals surface area contributed by atoms with Crippen LogP contribution in [0.5, 0.6) is 17.2 Å². The van der Waals surface area contributed by atoms with Crippen LogP contribution in [0.15, 0.2) is 54.6 Å². The molecule has 0 bridgehead atoms. The highest BCUT2D eigenvalue weighted by Gasteiger charge is 2.21. The van der Waals surface area contributed by atoms with Crippen molar-refractivity contribution < 1.29 is 19.0 Å². The molecule has 1 amide bonds. The number of nitrogens with one attached hydrogen (secondary N) is 1. The maximum Gasteiger partial charge on any atom is 0.261 e. The molecule has 7 heteroatoms. The van der Waals surface area contributed by atoms with Crippen LogP contribution in [0.3, 0.4) is 0 Å². The molecule has 1 aromatic heterocycles. The van der Waals surface area contributed by atoms with E-state index < -0.39 is 0 Å². The van der Waals surface area contributed by atoms with E-state index in [0.717, 1.165) is 28.5 Å². The smallest absolute Gasteiger partial charge is 0.261 e. The van der Waals surface area contributed by atoms with Crippen molar-refractivity contribution in [2.24, 2.45) is 0 Å². The van der Waals surface area contributed by atoms with Crippen molar-refractivity contribution in [3.05, 3.63) is 65.0 Å². The topological polar surface area (TPSA) is 60.0 Å². The molecule has 0 spiro atoms. The van der Waals surface area contributed by atoms with Gasteiger partial charge in [-0.1, -0.05) is 18.2 Å². The molecule has 0 atom stereocenters. The number of ether oxygens (including phenoxy) is 3. The Hall–Kier alpha value is -3.19. The minimum atomic E-state index is -0.0618. The third-order valence-electron chi connectivity index (χ3n) is 4.96. The summed E-state index contributed by atoms with van der Waals surface area (Å²) in [5.74, 6) is 2.20. The Labute approximate surface area is 180 Å². The molecule has 0 saturated carbocycles. The van der Waals surface area contributed by atoms with Crippen molar-refractivity contribution in [1.82, 2.24) is 5.32 Å². The summed E-state index contributed by atoms with van der Waals surface area (Å²) in [5.41, 5.74) is 2.11. The lowest BCUT2D eigenvalue weighted by Gasteiger charge is -2.29. The van der Waals surface area contributed by atoms with Crippen LogP contribution in [0.1, 0.15) is 15.2 Å². The van der Waals surface area contributed by atoms with Crippen molar-refractivity contribution in [3.63, 3.8) is 0 Å². The van der Waals surface area contributed by atoms with E-state index in [4.69, 9.17) is 14.2 Å². The lowest BCUT2D eigenvalue weighted by molar-refractivity contribution is 0.0958. The SMILES string of the molecule is COc1ccc(CCNC(=O)c2ccc(N3CCOc4ccccc43)s2)cc1OC. The summed E-state index contributed by atoms with van der Waals surface area (Å²) >= 11 is 1.49. The minimum absolute atomic E-state index is 0.0618. The zero-order valence-corrected chi connectivity index (χ0v) is 17.8. The molecule has 3 aromatic rings. The molecule has 1 N–H and O–H groups in total. The Morgan fingerprint density at radius 3 is 2.77 bits per heavy atom. The van der Waals surface area contributed by atoms with E-state index >= 15 is 0 Å². The summed E-state index contributed by atoms with van der Waals surface area (Å²) < 4.78 is 16.3. The van der Waals surface area contributed by atoms with Crippen LogP contribution in [-0.2, 0) is 6.42 Å². The van der Waals surface area contributed by atoms with Gasteiger partial charge in [0.15, 0.2) is 11.5 Å². The molecule has 0 aliphatic carbocycles. The number of fused-ring (bicyclic) bond motifs is 1. The first-order valence-electron chi connectivity index (χ1n) is 9.78. The molecule has 6 nitrogen and oxygen atoms in total. The fourth-order valence-electron chi connectivity index (χ4n) is 3.44. The maximum absolute atomic E-state index is 12.6. The number of carbonyl (C=O) groups excluding carboxylic acids is 1. The highest BCUT2D eigenvalue weighted by molar-refractivity contribution is 7.18. The van der Waals surface area contributed by atoms with Crippen LogP contribution >= 0.6 is 11.3 Å². The van der Waals surface area contributed by atoms with Gasteiger partial charge < -0.3 is 24.4 Å². The molecule has 0 unspecified atom stereocenters. The van der Waals surface area contributed by atoms with Gasteiger partial charge in [0, 0.05) is 6.54 Å². The number of hydrogen-bond donors (Lipinski definition) is 1. The molecule has 1 aliphatic heterocycles. The van der Waals surface area contributed by atoms with E-state index in [1.807, 2.05) is 54.6 Å². The van der Waals surface area contributed by atoms with Gasteiger partial charge in [-0.25, -0.2) is 0 Å². The van der Waals surface area contributed by atoms with Crippen molar-refractivity contribution in [2.45, 2.75) is 6.42 Å². The number of thiophene rings is 1. The Bertz CT molecular complexity index is 1030. The van der Waals surface area contributed by atoms with Gasteiger partial charge in [-0.3, -0.25) is 4.79 Å². The van der Waals surface area contributed by atoms with E-state index in [1.54, 1.807) is 14.2 Å². The number of anilines is 2. The molecular formula is C23H24N2O4S. The Kier molecular flexibility index (Phi) is 6.09. The van der Waals surface area contributed by atoms with Gasteiger partial charge in [-0.05, 0) is 48.4 Å². The lowest BCUT2D eigenvalue weighted by Crippen LogP contribution is -2.27. The number of methoxy groups -OCH3 is 2. The predicted octanol–water partition coefficient (Wildman–Crippen LogP) is 4.27. The molecule has 0 radical (unpaired) electrons. The lowest BCUT2D eigenvalue weighted by atomic mass is 10.1. The monoisotopic (exact) mass is 424 g/mol. The first kappa shape index (κ1) is 20.1. The first-order chi connectivity index (χ1) is 14.7. The van der Waals surface area contributed by atoms with Crippen molar-refractivity contribution in [3.8, 4) is 17.2 Å². The van der Waals surface area contributed by atoms with Crippen molar-refractivity contribution >= 4 is 27.9 Å². The average molecular weight is 425 g/mol. The number of benzene rings is 2. The summed E-state index contributed by atoms with van der Waals surface area (Å²) in [6.07, 6.45) is 0.709. The molecule has 0 fully saturated rings. The zero-order valence-electron chi connectivity index (χ0n) is 17.0. The molecule has 1 aliphatic rings. The molecule has 2 heterocycles. The number of hydrogen-bond acceptors (Lipinski definition) is 6. The molecule has 0 saturated heterocycles. The Morgan fingerprint density at radius 2 is 1.93 bits per heavy atom. The van der Waals surface area contributed by atoms with Gasteiger partial charge in [0.2, 0.25) is 0 Å². The number of para-hydroxylation sites is 2. The van der Waals surface area contributed by atoms with Gasteiger partial charge in [0.25, 0.3) is 5.91 Å². The zero-order chi connectivity index (χ0) is 20.9. The largest absolute Gasteiger partial charge is 0.493 e. The van der Waals surface area contributed by atoms with Gasteiger partial charge in [0.05, 0.1) is 36.3 Å². The second kappa shape index (κ2) is 9.09. The second-order valence-electron chi connectivity index (χ2n) is 6.80. The second-order valence-corrected chi connectivity index (χ2v) is 7.86. The molecular weight excluding hydrogens is 400 g/mol. The Morgan fingerprint density at radius 1 is 1.10 bits per heavy atom. The predicted molar refractivity (Wildman–Crippen MR) is 119 cm³/mol. The maximum atomic E-state index is 12.6. The van der Waals surface area contributed by atoms with Crippen LogP contribution in [0.2, 0.25) is 0 Å². The number of nitrogens with zero attached hydrogens (tertiary/aromatic N) is 1. The fraction of sp³-hybridized carbons (Fsp3) is 0.261. The summed E-state index contributed by atoms with van der Waals surface area (Å²) in [5, 5.41) is 4.04. The third-order valence-corrected chi connectivity index (χ3v) is 6.06. The summed E-state index contributed by atoms with van der Waals surface area (Å²) in [6.45, 7) is 1.93. The summed E-state index contributed by atoms with van der Waals surface area (Å²) in [7, 11) is 3.23. The standard InChI is InChI=1S/C23H24N2O4S/c1-27-19-8-7-16(15-20(19)28-2)11-12-24-23(26)21-9-10-22(30-21)25-13-14-29-18-6-4-3-5-17(18)25/h3-10,15H,11-14H2,1-2H3,(H,24,26). The third kappa shape index (κ3) is 4.21. The number of rotatable bonds is 7. The van der Waals surface area contributed by atoms with Gasteiger partial charge >= 0.3 is 0 Å². The van der Waals surface area contributed by atoms with Crippen molar-refractivity contribution in [1.29, 1.82) is 0 Å².